The number of hydrogen-bond donors (Lipinski definition) is 1. The van der Waals surface area contributed by atoms with Crippen molar-refractivity contribution in [1.82, 2.24) is 15.1 Å². The summed E-state index contributed by atoms with van der Waals surface area (Å²) in [6, 6.07) is 0.614. The van der Waals surface area contributed by atoms with E-state index in [2.05, 4.69) is 29.0 Å². The Bertz CT molecular complexity index is 400. The zero-order valence-corrected chi connectivity index (χ0v) is 16.6. The van der Waals surface area contributed by atoms with Crippen molar-refractivity contribution < 1.29 is 0 Å². The van der Waals surface area contributed by atoms with Crippen molar-refractivity contribution in [1.29, 1.82) is 0 Å². The van der Waals surface area contributed by atoms with E-state index in [1.165, 1.54) is 77.5 Å². The maximum absolute atomic E-state index is 5.58. The number of hydrogen-bond acceptors (Lipinski definition) is 2. The third kappa shape index (κ3) is 4.63. The molecule has 24 heavy (non-hydrogen) atoms. The second-order valence-corrected chi connectivity index (χ2v) is 8.90. The van der Waals surface area contributed by atoms with Crippen LogP contribution in [0, 0.1) is 17.8 Å². The number of rotatable bonds is 7. The van der Waals surface area contributed by atoms with E-state index in [0.29, 0.717) is 6.04 Å². The zero-order chi connectivity index (χ0) is 16.9. The molecule has 0 amide bonds. The van der Waals surface area contributed by atoms with E-state index < -0.39 is 0 Å². The molecule has 2 atom stereocenters. The normalized spacial score (nSPS) is 28.5. The monoisotopic (exact) mass is 351 g/mol. The Kier molecular flexibility index (Phi) is 6.79. The van der Waals surface area contributed by atoms with Crippen LogP contribution < -0.4 is 5.32 Å². The first kappa shape index (κ1) is 18.4. The maximum Gasteiger partial charge on any atom is 0.169 e. The Morgan fingerprint density at radius 1 is 1.12 bits per heavy atom. The van der Waals surface area contributed by atoms with Crippen LogP contribution in [0.5, 0.6) is 0 Å². The SMILES string of the molecule is CC[C@H](C)[C@H]1CNC(=S)N1CC1CCN(CCC2CCCC2)CC1. The summed E-state index contributed by atoms with van der Waals surface area (Å²) >= 11 is 5.58. The molecule has 0 aromatic carbocycles. The van der Waals surface area contributed by atoms with Gasteiger partial charge in [-0.2, -0.15) is 0 Å². The molecular formula is C20H37N3S. The van der Waals surface area contributed by atoms with Crippen LogP contribution in [0.4, 0.5) is 0 Å². The molecule has 2 heterocycles. The van der Waals surface area contributed by atoms with Crippen molar-refractivity contribution >= 4 is 17.3 Å². The minimum atomic E-state index is 0.614. The van der Waals surface area contributed by atoms with E-state index in [0.717, 1.165) is 29.4 Å². The topological polar surface area (TPSA) is 18.5 Å². The molecule has 3 fully saturated rings. The van der Waals surface area contributed by atoms with Gasteiger partial charge in [-0.1, -0.05) is 46.0 Å². The second-order valence-electron chi connectivity index (χ2n) is 8.52. The summed E-state index contributed by atoms with van der Waals surface area (Å²) in [5.41, 5.74) is 0. The molecule has 1 saturated carbocycles. The molecule has 0 bridgehead atoms. The summed E-state index contributed by atoms with van der Waals surface area (Å²) in [7, 11) is 0. The van der Waals surface area contributed by atoms with E-state index in [1.54, 1.807) is 0 Å². The highest BCUT2D eigenvalue weighted by Crippen LogP contribution is 2.29. The lowest BCUT2D eigenvalue weighted by atomic mass is 9.93. The highest BCUT2D eigenvalue weighted by atomic mass is 32.1. The molecule has 1 aliphatic carbocycles. The fourth-order valence-corrected chi connectivity index (χ4v) is 5.18. The highest BCUT2D eigenvalue weighted by molar-refractivity contribution is 7.80. The molecule has 0 aromatic heterocycles. The average Bonchev–Trinajstić information content (AvgIpc) is 3.24. The van der Waals surface area contributed by atoms with Crippen molar-refractivity contribution in [2.24, 2.45) is 17.8 Å². The van der Waals surface area contributed by atoms with Crippen LogP contribution in [0.1, 0.15) is 65.2 Å². The quantitative estimate of drug-likeness (QED) is 0.701. The van der Waals surface area contributed by atoms with E-state index in [4.69, 9.17) is 12.2 Å². The third-order valence-corrected chi connectivity index (χ3v) is 7.29. The smallest absolute Gasteiger partial charge is 0.169 e. The van der Waals surface area contributed by atoms with Gasteiger partial charge < -0.3 is 15.1 Å². The summed E-state index contributed by atoms with van der Waals surface area (Å²) in [6.07, 6.45) is 11.3. The Balaban J connectivity index is 1.40. The fraction of sp³-hybridized carbons (Fsp3) is 0.950. The van der Waals surface area contributed by atoms with Gasteiger partial charge in [0, 0.05) is 13.1 Å². The van der Waals surface area contributed by atoms with Crippen LogP contribution >= 0.6 is 12.2 Å². The van der Waals surface area contributed by atoms with Gasteiger partial charge in [-0.05, 0) is 68.9 Å². The third-order valence-electron chi connectivity index (χ3n) is 6.91. The predicted molar refractivity (Wildman–Crippen MR) is 106 cm³/mol. The van der Waals surface area contributed by atoms with E-state index >= 15 is 0 Å². The van der Waals surface area contributed by atoms with E-state index in [-0.39, 0.29) is 0 Å². The van der Waals surface area contributed by atoms with Gasteiger partial charge >= 0.3 is 0 Å². The first-order valence-corrected chi connectivity index (χ1v) is 10.8. The minimum absolute atomic E-state index is 0.614. The van der Waals surface area contributed by atoms with Crippen LogP contribution in [0.2, 0.25) is 0 Å². The number of piperidine rings is 1. The average molecular weight is 352 g/mol. The fourth-order valence-electron chi connectivity index (χ4n) is 4.89. The summed E-state index contributed by atoms with van der Waals surface area (Å²) in [5.74, 6) is 2.59. The second kappa shape index (κ2) is 8.84. The van der Waals surface area contributed by atoms with E-state index in [9.17, 15) is 0 Å². The first-order valence-electron chi connectivity index (χ1n) is 10.4. The van der Waals surface area contributed by atoms with Gasteiger partial charge in [0.25, 0.3) is 0 Å². The van der Waals surface area contributed by atoms with Crippen LogP contribution in [0.25, 0.3) is 0 Å². The first-order chi connectivity index (χ1) is 11.7. The van der Waals surface area contributed by atoms with Crippen LogP contribution in [0.15, 0.2) is 0 Å². The largest absolute Gasteiger partial charge is 0.360 e. The van der Waals surface area contributed by atoms with Crippen LogP contribution in [0.3, 0.4) is 0 Å². The summed E-state index contributed by atoms with van der Waals surface area (Å²) < 4.78 is 0. The standard InChI is InChI=1S/C20H37N3S/c1-3-16(2)19-14-21-20(24)23(19)15-18-9-12-22(13-10-18)11-8-17-6-4-5-7-17/h16-19H,3-15H2,1-2H3,(H,21,24)/t16-,19+/m0/s1. The lowest BCUT2D eigenvalue weighted by Crippen LogP contribution is -2.44. The lowest BCUT2D eigenvalue weighted by molar-refractivity contribution is 0.145. The highest BCUT2D eigenvalue weighted by Gasteiger charge is 2.33. The molecule has 0 unspecified atom stereocenters. The Morgan fingerprint density at radius 3 is 2.50 bits per heavy atom. The van der Waals surface area contributed by atoms with Gasteiger partial charge in [-0.25, -0.2) is 0 Å². The van der Waals surface area contributed by atoms with Crippen LogP contribution in [-0.4, -0.2) is 53.7 Å². The molecule has 0 spiro atoms. The van der Waals surface area contributed by atoms with Crippen molar-refractivity contribution in [3.05, 3.63) is 0 Å². The molecule has 2 aliphatic heterocycles. The van der Waals surface area contributed by atoms with Crippen molar-refractivity contribution in [3.63, 3.8) is 0 Å². The molecule has 1 N–H and O–H groups in total. The Morgan fingerprint density at radius 2 is 1.83 bits per heavy atom. The van der Waals surface area contributed by atoms with Crippen molar-refractivity contribution in [3.8, 4) is 0 Å². The van der Waals surface area contributed by atoms with Gasteiger partial charge in [-0.3, -0.25) is 0 Å². The molecule has 3 nitrogen and oxygen atoms in total. The molecule has 4 heteroatoms. The summed E-state index contributed by atoms with van der Waals surface area (Å²) in [4.78, 5) is 5.24. The maximum atomic E-state index is 5.58. The Hall–Kier alpha value is -0.350. The van der Waals surface area contributed by atoms with Gasteiger partial charge in [0.1, 0.15) is 0 Å². The number of nitrogens with one attached hydrogen (secondary N) is 1. The minimum Gasteiger partial charge on any atom is -0.360 e. The summed E-state index contributed by atoms with van der Waals surface area (Å²) in [5, 5.41) is 4.44. The number of nitrogens with zero attached hydrogens (tertiary/aromatic N) is 2. The van der Waals surface area contributed by atoms with Gasteiger partial charge in [0.05, 0.1) is 6.04 Å². The van der Waals surface area contributed by atoms with E-state index in [1.807, 2.05) is 0 Å². The van der Waals surface area contributed by atoms with Gasteiger partial charge in [0.2, 0.25) is 0 Å². The lowest BCUT2D eigenvalue weighted by Gasteiger charge is -2.37. The van der Waals surface area contributed by atoms with Gasteiger partial charge in [0.15, 0.2) is 5.11 Å². The molecule has 3 rings (SSSR count). The predicted octanol–water partition coefficient (Wildman–Crippen LogP) is 3.88. The molecule has 2 saturated heterocycles. The Labute approximate surface area is 154 Å². The number of likely N-dealkylation sites (tertiary alicyclic amines) is 1. The van der Waals surface area contributed by atoms with Crippen LogP contribution in [-0.2, 0) is 0 Å². The molecular weight excluding hydrogens is 314 g/mol. The summed E-state index contributed by atoms with van der Waals surface area (Å²) in [6.45, 7) is 10.9. The van der Waals surface area contributed by atoms with Gasteiger partial charge in [-0.15, -0.1) is 0 Å². The number of thiocarbonyl (C=S) groups is 1. The molecule has 0 aromatic rings. The molecule has 0 radical (unpaired) electrons. The van der Waals surface area contributed by atoms with Crippen molar-refractivity contribution in [2.45, 2.75) is 71.3 Å². The van der Waals surface area contributed by atoms with Crippen molar-refractivity contribution in [2.75, 3.05) is 32.7 Å². The zero-order valence-electron chi connectivity index (χ0n) is 15.8. The molecule has 138 valence electrons. The molecule has 3 aliphatic rings.